The summed E-state index contributed by atoms with van der Waals surface area (Å²) in [5, 5.41) is 7.64. The van der Waals surface area contributed by atoms with Gasteiger partial charge in [0.05, 0.1) is 25.3 Å². The molecule has 3 atom stereocenters. The van der Waals surface area contributed by atoms with Gasteiger partial charge < -0.3 is 20.8 Å². The van der Waals surface area contributed by atoms with E-state index in [2.05, 4.69) is 43.7 Å². The van der Waals surface area contributed by atoms with Crippen LogP contribution in [0.2, 0.25) is 0 Å². The molecule has 6 rings (SSSR count). The Hall–Kier alpha value is -2.75. The molecule has 0 spiro atoms. The number of hydrogen-bond acceptors (Lipinski definition) is 8. The lowest BCUT2D eigenvalue weighted by molar-refractivity contribution is 0.101. The summed E-state index contributed by atoms with van der Waals surface area (Å²) in [4.78, 5) is 20.2. The highest BCUT2D eigenvalue weighted by Gasteiger charge is 2.33. The average Bonchev–Trinajstić information content (AvgIpc) is 3.61. The maximum atomic E-state index is 6.11. The topological polar surface area (TPSA) is 117 Å². The molecular weight excluding hydrogens is 476 g/mol. The SMILES string of the molecule is COc1ccccc1CN1CCCCC1NC1CCC(c2nc(NC3CCC(N)CC3)nc3nc[nH]c23)C1. The van der Waals surface area contributed by atoms with Crippen LogP contribution in [-0.4, -0.2) is 62.8 Å². The Morgan fingerprint density at radius 2 is 1.87 bits per heavy atom. The Labute approximate surface area is 225 Å². The van der Waals surface area contributed by atoms with E-state index in [4.69, 9.17) is 20.4 Å². The third-order valence-electron chi connectivity index (χ3n) is 8.85. The summed E-state index contributed by atoms with van der Waals surface area (Å²) in [6.07, 6.45) is 13.5. The smallest absolute Gasteiger partial charge is 0.225 e. The number of nitrogens with two attached hydrogens (primary N) is 1. The number of anilines is 1. The van der Waals surface area contributed by atoms with Crippen LogP contribution in [0.3, 0.4) is 0 Å². The number of nitrogens with one attached hydrogen (secondary N) is 3. The molecular formula is C29H42N8O. The molecule has 9 heteroatoms. The molecule has 1 aromatic carbocycles. The maximum Gasteiger partial charge on any atom is 0.225 e. The van der Waals surface area contributed by atoms with E-state index < -0.39 is 0 Å². The first-order valence-corrected chi connectivity index (χ1v) is 14.5. The second-order valence-electron chi connectivity index (χ2n) is 11.5. The summed E-state index contributed by atoms with van der Waals surface area (Å²) >= 11 is 0. The molecule has 0 bridgehead atoms. The number of nitrogens with zero attached hydrogens (tertiary/aromatic N) is 4. The number of benzene rings is 1. The zero-order chi connectivity index (χ0) is 25.9. The highest BCUT2D eigenvalue weighted by Crippen LogP contribution is 2.37. The van der Waals surface area contributed by atoms with Crippen molar-refractivity contribution in [3.63, 3.8) is 0 Å². The molecule has 2 aliphatic carbocycles. The number of likely N-dealkylation sites (tertiary alicyclic amines) is 1. The highest BCUT2D eigenvalue weighted by molar-refractivity contribution is 5.74. The molecule has 3 aromatic rings. The fourth-order valence-electron chi connectivity index (χ4n) is 6.74. The quantitative estimate of drug-likeness (QED) is 0.349. The summed E-state index contributed by atoms with van der Waals surface area (Å²) in [5.74, 6) is 2.09. The third-order valence-corrected chi connectivity index (χ3v) is 8.85. The zero-order valence-corrected chi connectivity index (χ0v) is 22.5. The van der Waals surface area contributed by atoms with Gasteiger partial charge in [0.25, 0.3) is 0 Å². The van der Waals surface area contributed by atoms with Gasteiger partial charge in [0.15, 0.2) is 5.65 Å². The van der Waals surface area contributed by atoms with E-state index >= 15 is 0 Å². The molecule has 1 aliphatic heterocycles. The van der Waals surface area contributed by atoms with Crippen LogP contribution in [0.1, 0.15) is 81.4 Å². The van der Waals surface area contributed by atoms with Crippen LogP contribution in [0.15, 0.2) is 30.6 Å². The molecule has 2 aromatic heterocycles. The number of methoxy groups -OCH3 is 1. The van der Waals surface area contributed by atoms with Crippen molar-refractivity contribution in [3.05, 3.63) is 41.9 Å². The van der Waals surface area contributed by atoms with E-state index in [1.54, 1.807) is 13.4 Å². The van der Waals surface area contributed by atoms with Gasteiger partial charge in [-0.05, 0) is 76.8 Å². The predicted octanol–water partition coefficient (Wildman–Crippen LogP) is 4.28. The first kappa shape index (κ1) is 25.5. The lowest BCUT2D eigenvalue weighted by atomic mass is 9.92. The van der Waals surface area contributed by atoms with Gasteiger partial charge in [-0.1, -0.05) is 18.2 Å². The molecule has 2 saturated carbocycles. The fourth-order valence-corrected chi connectivity index (χ4v) is 6.74. The van der Waals surface area contributed by atoms with Gasteiger partial charge in [-0.25, -0.2) is 9.97 Å². The van der Waals surface area contributed by atoms with Crippen molar-refractivity contribution in [1.82, 2.24) is 30.2 Å². The lowest BCUT2D eigenvalue weighted by Gasteiger charge is -2.38. The summed E-state index contributed by atoms with van der Waals surface area (Å²) in [5.41, 5.74) is 10.2. The van der Waals surface area contributed by atoms with Crippen molar-refractivity contribution in [3.8, 4) is 5.75 Å². The molecule has 5 N–H and O–H groups in total. The van der Waals surface area contributed by atoms with Crippen molar-refractivity contribution in [1.29, 1.82) is 0 Å². The van der Waals surface area contributed by atoms with Crippen LogP contribution >= 0.6 is 0 Å². The third kappa shape index (κ3) is 5.65. The summed E-state index contributed by atoms with van der Waals surface area (Å²) in [6.45, 7) is 2.03. The number of H-pyrrole nitrogens is 1. The summed E-state index contributed by atoms with van der Waals surface area (Å²) < 4.78 is 5.63. The number of piperidine rings is 1. The highest BCUT2D eigenvalue weighted by atomic mass is 16.5. The van der Waals surface area contributed by atoms with Gasteiger partial charge in [-0.15, -0.1) is 0 Å². The molecule has 204 valence electrons. The van der Waals surface area contributed by atoms with Crippen LogP contribution in [-0.2, 0) is 6.54 Å². The monoisotopic (exact) mass is 518 g/mol. The Balaban J connectivity index is 1.13. The molecule has 3 heterocycles. The minimum Gasteiger partial charge on any atom is -0.496 e. The van der Waals surface area contributed by atoms with E-state index in [0.29, 0.717) is 36.2 Å². The van der Waals surface area contributed by atoms with Gasteiger partial charge in [0.1, 0.15) is 11.3 Å². The molecule has 3 aliphatic rings. The summed E-state index contributed by atoms with van der Waals surface area (Å²) in [6, 6.07) is 9.60. The normalized spacial score (nSPS) is 28.5. The first-order valence-electron chi connectivity index (χ1n) is 14.5. The average molecular weight is 519 g/mol. The number of fused-ring (bicyclic) bond motifs is 1. The van der Waals surface area contributed by atoms with Gasteiger partial charge in [-0.3, -0.25) is 10.2 Å². The molecule has 9 nitrogen and oxygen atoms in total. The first-order chi connectivity index (χ1) is 18.7. The van der Waals surface area contributed by atoms with Crippen molar-refractivity contribution in [2.24, 2.45) is 5.73 Å². The van der Waals surface area contributed by atoms with Crippen molar-refractivity contribution >= 4 is 17.1 Å². The van der Waals surface area contributed by atoms with E-state index in [0.717, 1.165) is 80.6 Å². The van der Waals surface area contributed by atoms with Crippen LogP contribution < -0.4 is 21.1 Å². The number of hydrogen-bond donors (Lipinski definition) is 4. The molecule has 1 saturated heterocycles. The number of imidazole rings is 1. The van der Waals surface area contributed by atoms with Crippen LogP contribution in [0.25, 0.3) is 11.2 Å². The Morgan fingerprint density at radius 3 is 2.74 bits per heavy atom. The predicted molar refractivity (Wildman–Crippen MR) is 150 cm³/mol. The van der Waals surface area contributed by atoms with E-state index in [9.17, 15) is 0 Å². The zero-order valence-electron chi connectivity index (χ0n) is 22.5. The number of aromatic nitrogens is 4. The van der Waals surface area contributed by atoms with E-state index in [1.165, 1.54) is 24.8 Å². The van der Waals surface area contributed by atoms with Gasteiger partial charge >= 0.3 is 0 Å². The maximum absolute atomic E-state index is 6.11. The number of rotatable bonds is 8. The second-order valence-corrected chi connectivity index (χ2v) is 11.5. The van der Waals surface area contributed by atoms with E-state index in [-0.39, 0.29) is 0 Å². The molecule has 3 unspecified atom stereocenters. The Morgan fingerprint density at radius 1 is 1.03 bits per heavy atom. The summed E-state index contributed by atoms with van der Waals surface area (Å²) in [7, 11) is 1.76. The largest absolute Gasteiger partial charge is 0.496 e. The van der Waals surface area contributed by atoms with Crippen molar-refractivity contribution in [2.45, 2.75) is 101 Å². The lowest BCUT2D eigenvalue weighted by Crippen LogP contribution is -2.51. The standard InChI is InChI=1S/C29H42N8O/c1-38-24-7-3-2-6-20(24)17-37-15-5-4-8-25(37)33-23-12-9-19(16-23)26-27-28(32-18-31-27)36-29(35-26)34-22-13-10-21(30)11-14-22/h2-3,6-7,18-19,21-23,25,33H,4-5,8-17,30H2,1H3,(H2,31,32,34,35,36). The molecule has 3 fully saturated rings. The van der Waals surface area contributed by atoms with Crippen molar-refractivity contribution < 1.29 is 4.74 Å². The Kier molecular flexibility index (Phi) is 7.76. The van der Waals surface area contributed by atoms with Gasteiger partial charge in [0, 0.05) is 36.2 Å². The number of aromatic amines is 1. The van der Waals surface area contributed by atoms with E-state index in [1.807, 2.05) is 6.07 Å². The Bertz CT molecular complexity index is 1210. The van der Waals surface area contributed by atoms with Crippen LogP contribution in [0.4, 0.5) is 5.95 Å². The van der Waals surface area contributed by atoms with Crippen LogP contribution in [0.5, 0.6) is 5.75 Å². The van der Waals surface area contributed by atoms with Crippen molar-refractivity contribution in [2.75, 3.05) is 19.0 Å². The van der Waals surface area contributed by atoms with Crippen LogP contribution in [0, 0.1) is 0 Å². The molecule has 0 amide bonds. The second kappa shape index (κ2) is 11.6. The minimum atomic E-state index is 0.330. The molecule has 38 heavy (non-hydrogen) atoms. The molecule has 0 radical (unpaired) electrons. The van der Waals surface area contributed by atoms with Gasteiger partial charge in [0.2, 0.25) is 5.95 Å². The van der Waals surface area contributed by atoms with Gasteiger partial charge in [-0.2, -0.15) is 4.98 Å². The fraction of sp³-hybridized carbons (Fsp3) is 0.621. The number of ether oxygens (including phenoxy) is 1. The number of para-hydroxylation sites is 1. The minimum absolute atomic E-state index is 0.330.